The van der Waals surface area contributed by atoms with Crippen molar-refractivity contribution in [1.29, 1.82) is 0 Å². The van der Waals surface area contributed by atoms with Gasteiger partial charge in [-0.15, -0.1) is 13.2 Å². The van der Waals surface area contributed by atoms with Crippen LogP contribution in [0.2, 0.25) is 0 Å². The molecule has 0 atom stereocenters. The van der Waals surface area contributed by atoms with E-state index in [0.29, 0.717) is 6.42 Å². The molecule has 1 aliphatic rings. The molecule has 2 aromatic carbocycles. The Balaban J connectivity index is 0.000000209. The molecule has 2 aromatic rings. The first-order chi connectivity index (χ1) is 13.8. The predicted octanol–water partition coefficient (Wildman–Crippen LogP) is 7.37. The maximum absolute atomic E-state index is 11.4. The minimum Gasteiger partial charge on any atom is -0.294 e. The number of hydrogen-bond acceptors (Lipinski definition) is 1. The molecule has 0 saturated carbocycles. The van der Waals surface area contributed by atoms with Gasteiger partial charge in [0.25, 0.3) is 0 Å². The van der Waals surface area contributed by atoms with E-state index in [1.165, 1.54) is 16.7 Å². The van der Waals surface area contributed by atoms with Gasteiger partial charge >= 0.3 is 0 Å². The fraction of sp³-hybridized carbons (Fsp3) is 0.148. The third-order valence-corrected chi connectivity index (χ3v) is 4.40. The summed E-state index contributed by atoms with van der Waals surface area (Å²) in [6.07, 6.45) is 15.7. The van der Waals surface area contributed by atoms with Crippen molar-refractivity contribution in [1.82, 2.24) is 0 Å². The van der Waals surface area contributed by atoms with Crippen LogP contribution in [0.25, 0.3) is 5.57 Å². The van der Waals surface area contributed by atoms with Crippen LogP contribution in [0.5, 0.6) is 0 Å². The summed E-state index contributed by atoms with van der Waals surface area (Å²) in [4.78, 5) is 11.4. The number of Topliss-reactive ketones (excluding diaryl/α,β-unsaturated/α-hetero) is 1. The SMILES string of the molecule is C=CCCC(=C1C=CC=C1)c1ccccc1.C=CCCC(=O)c1ccccc1. The zero-order valence-corrected chi connectivity index (χ0v) is 16.4. The average molecular weight is 369 g/mol. The molecule has 0 heterocycles. The van der Waals surface area contributed by atoms with Crippen LogP contribution in [0.4, 0.5) is 0 Å². The lowest BCUT2D eigenvalue weighted by atomic mass is 9.96. The first-order valence-electron chi connectivity index (χ1n) is 9.69. The number of allylic oxidation sites excluding steroid dienone is 8. The van der Waals surface area contributed by atoms with Gasteiger partial charge < -0.3 is 0 Å². The highest BCUT2D eigenvalue weighted by atomic mass is 16.1. The van der Waals surface area contributed by atoms with E-state index in [9.17, 15) is 4.79 Å². The van der Waals surface area contributed by atoms with Crippen molar-refractivity contribution in [2.24, 2.45) is 0 Å². The summed E-state index contributed by atoms with van der Waals surface area (Å²) >= 11 is 0. The Morgan fingerprint density at radius 1 is 0.714 bits per heavy atom. The Morgan fingerprint density at radius 3 is 1.75 bits per heavy atom. The molecule has 0 amide bonds. The molecule has 0 N–H and O–H groups in total. The van der Waals surface area contributed by atoms with Gasteiger partial charge in [-0.1, -0.05) is 97.1 Å². The molecular weight excluding hydrogens is 340 g/mol. The van der Waals surface area contributed by atoms with Crippen LogP contribution >= 0.6 is 0 Å². The molecule has 0 aromatic heterocycles. The van der Waals surface area contributed by atoms with Gasteiger partial charge in [-0.3, -0.25) is 4.79 Å². The van der Waals surface area contributed by atoms with Crippen molar-refractivity contribution >= 4 is 11.4 Å². The van der Waals surface area contributed by atoms with Gasteiger partial charge in [-0.25, -0.2) is 0 Å². The molecule has 0 saturated heterocycles. The van der Waals surface area contributed by atoms with E-state index in [-0.39, 0.29) is 5.78 Å². The Morgan fingerprint density at radius 2 is 1.21 bits per heavy atom. The molecule has 3 rings (SSSR count). The van der Waals surface area contributed by atoms with Gasteiger partial charge in [0, 0.05) is 12.0 Å². The second kappa shape index (κ2) is 12.2. The van der Waals surface area contributed by atoms with Gasteiger partial charge in [0.05, 0.1) is 0 Å². The summed E-state index contributed by atoms with van der Waals surface area (Å²) in [7, 11) is 0. The second-order valence-electron chi connectivity index (χ2n) is 6.46. The maximum Gasteiger partial charge on any atom is 0.163 e. The highest BCUT2D eigenvalue weighted by Gasteiger charge is 2.06. The third kappa shape index (κ3) is 6.85. The maximum atomic E-state index is 11.4. The molecule has 1 heteroatoms. The largest absolute Gasteiger partial charge is 0.294 e. The summed E-state index contributed by atoms with van der Waals surface area (Å²) in [5.74, 6) is 0.190. The lowest BCUT2D eigenvalue weighted by Crippen LogP contribution is -1.96. The zero-order chi connectivity index (χ0) is 20.0. The summed E-state index contributed by atoms with van der Waals surface area (Å²) in [6, 6.07) is 19.9. The Labute approximate surface area is 169 Å². The molecule has 142 valence electrons. The Kier molecular flexibility index (Phi) is 9.23. The zero-order valence-electron chi connectivity index (χ0n) is 16.4. The molecule has 0 unspecified atom stereocenters. The van der Waals surface area contributed by atoms with Gasteiger partial charge in [-0.05, 0) is 36.0 Å². The third-order valence-electron chi connectivity index (χ3n) is 4.40. The molecule has 0 aliphatic heterocycles. The summed E-state index contributed by atoms with van der Waals surface area (Å²) < 4.78 is 0. The monoisotopic (exact) mass is 368 g/mol. The van der Waals surface area contributed by atoms with E-state index in [1.807, 2.05) is 36.4 Å². The average Bonchev–Trinajstić information content (AvgIpc) is 3.29. The number of rotatable bonds is 8. The van der Waals surface area contributed by atoms with Crippen molar-refractivity contribution < 1.29 is 4.79 Å². The van der Waals surface area contributed by atoms with Crippen LogP contribution in [-0.4, -0.2) is 5.78 Å². The number of carbonyl (C=O) groups excluding carboxylic acids is 1. The highest BCUT2D eigenvalue weighted by molar-refractivity contribution is 5.96. The van der Waals surface area contributed by atoms with E-state index in [2.05, 4.69) is 67.8 Å². The van der Waals surface area contributed by atoms with Crippen molar-refractivity contribution in [2.45, 2.75) is 25.7 Å². The summed E-state index contributed by atoms with van der Waals surface area (Å²) in [5, 5.41) is 0. The molecular formula is C27H28O. The van der Waals surface area contributed by atoms with Gasteiger partial charge in [-0.2, -0.15) is 0 Å². The quantitative estimate of drug-likeness (QED) is 0.351. The van der Waals surface area contributed by atoms with Gasteiger partial charge in [0.15, 0.2) is 5.78 Å². The van der Waals surface area contributed by atoms with Crippen molar-refractivity contribution in [2.75, 3.05) is 0 Å². The second-order valence-corrected chi connectivity index (χ2v) is 6.46. The van der Waals surface area contributed by atoms with Crippen molar-refractivity contribution in [3.8, 4) is 0 Å². The molecule has 0 spiro atoms. The first kappa shape index (κ1) is 21.1. The van der Waals surface area contributed by atoms with Crippen LogP contribution in [0.1, 0.15) is 41.6 Å². The standard InChI is InChI=1S/C16H16.C11H12O/c1-2-3-13-16(15-11-7-8-12-15)14-9-5-4-6-10-14;1-2-3-9-11(12)10-7-5-4-6-8-10/h2,4-12H,1,3,13H2;2,4-8H,1,3,9H2. The Hall–Kier alpha value is -3.19. The number of benzene rings is 2. The van der Waals surface area contributed by atoms with Crippen LogP contribution in [0.3, 0.4) is 0 Å². The van der Waals surface area contributed by atoms with Crippen LogP contribution < -0.4 is 0 Å². The lowest BCUT2D eigenvalue weighted by molar-refractivity contribution is 0.0983. The smallest absolute Gasteiger partial charge is 0.163 e. The van der Waals surface area contributed by atoms with Gasteiger partial charge in [0.1, 0.15) is 0 Å². The van der Waals surface area contributed by atoms with Crippen molar-refractivity contribution in [3.63, 3.8) is 0 Å². The number of ketones is 1. The lowest BCUT2D eigenvalue weighted by Gasteiger charge is -2.09. The van der Waals surface area contributed by atoms with E-state index in [4.69, 9.17) is 0 Å². The molecule has 1 nitrogen and oxygen atoms in total. The highest BCUT2D eigenvalue weighted by Crippen LogP contribution is 2.27. The molecule has 0 radical (unpaired) electrons. The van der Waals surface area contributed by atoms with Crippen LogP contribution in [0, 0.1) is 0 Å². The molecule has 0 fully saturated rings. The van der Waals surface area contributed by atoms with Crippen molar-refractivity contribution in [3.05, 3.63) is 127 Å². The summed E-state index contributed by atoms with van der Waals surface area (Å²) in [6.45, 7) is 7.37. The number of carbonyl (C=O) groups is 1. The minimum absolute atomic E-state index is 0.190. The van der Waals surface area contributed by atoms with Crippen LogP contribution in [0.15, 0.2) is 116 Å². The molecule has 1 aliphatic carbocycles. The fourth-order valence-corrected chi connectivity index (χ4v) is 2.92. The normalized spacial score (nSPS) is 11.5. The summed E-state index contributed by atoms with van der Waals surface area (Å²) in [5.41, 5.74) is 4.84. The van der Waals surface area contributed by atoms with E-state index in [0.717, 1.165) is 24.8 Å². The fourth-order valence-electron chi connectivity index (χ4n) is 2.92. The van der Waals surface area contributed by atoms with E-state index >= 15 is 0 Å². The van der Waals surface area contributed by atoms with E-state index in [1.54, 1.807) is 6.08 Å². The minimum atomic E-state index is 0.190. The van der Waals surface area contributed by atoms with Gasteiger partial charge in [0.2, 0.25) is 0 Å². The predicted molar refractivity (Wildman–Crippen MR) is 121 cm³/mol. The first-order valence-corrected chi connectivity index (χ1v) is 9.69. The molecule has 28 heavy (non-hydrogen) atoms. The topological polar surface area (TPSA) is 17.1 Å². The Bertz CT molecular complexity index is 838. The van der Waals surface area contributed by atoms with Crippen LogP contribution in [-0.2, 0) is 0 Å². The number of hydrogen-bond donors (Lipinski definition) is 0. The molecule has 0 bridgehead atoms. The van der Waals surface area contributed by atoms with E-state index < -0.39 is 0 Å².